The van der Waals surface area contributed by atoms with Crippen LogP contribution < -0.4 is 20.1 Å². The molecule has 1 aromatic heterocycles. The molecule has 1 unspecified atom stereocenters. The van der Waals surface area contributed by atoms with Gasteiger partial charge in [-0.05, 0) is 24.1 Å². The fraction of sp³-hybridized carbons (Fsp3) is 0.545. The molecule has 0 bridgehead atoms. The lowest BCUT2D eigenvalue weighted by Gasteiger charge is -2.19. The van der Waals surface area contributed by atoms with Crippen LogP contribution in [0.3, 0.4) is 0 Å². The molecule has 172 valence electrons. The minimum Gasteiger partial charge on any atom is -0.497 e. The van der Waals surface area contributed by atoms with Crippen LogP contribution in [-0.2, 0) is 13.1 Å². The Morgan fingerprint density at radius 1 is 1.26 bits per heavy atom. The largest absolute Gasteiger partial charge is 0.497 e. The smallest absolute Gasteiger partial charge is 0.191 e. The summed E-state index contributed by atoms with van der Waals surface area (Å²) in [5.74, 6) is 2.94. The van der Waals surface area contributed by atoms with E-state index >= 15 is 0 Å². The van der Waals surface area contributed by atoms with E-state index in [9.17, 15) is 0 Å². The summed E-state index contributed by atoms with van der Waals surface area (Å²) in [4.78, 5) is 11.5. The molecule has 1 atom stereocenters. The number of benzene rings is 1. The van der Waals surface area contributed by atoms with E-state index in [2.05, 4.69) is 56.9 Å². The second-order valence-electron chi connectivity index (χ2n) is 7.84. The first-order valence-corrected chi connectivity index (χ1v) is 11.2. The van der Waals surface area contributed by atoms with Gasteiger partial charge < -0.3 is 20.1 Å². The molecule has 0 saturated carbocycles. The van der Waals surface area contributed by atoms with Crippen molar-refractivity contribution in [1.82, 2.24) is 20.5 Å². The van der Waals surface area contributed by atoms with Crippen LogP contribution in [0.5, 0.6) is 11.5 Å². The van der Waals surface area contributed by atoms with Gasteiger partial charge in [-0.3, -0.25) is 9.89 Å². The summed E-state index contributed by atoms with van der Waals surface area (Å²) in [6.45, 7) is 7.90. The Bertz CT molecular complexity index is 836. The van der Waals surface area contributed by atoms with Crippen molar-refractivity contribution < 1.29 is 9.47 Å². The highest BCUT2D eigenvalue weighted by Gasteiger charge is 2.23. The number of aromatic nitrogens is 1. The van der Waals surface area contributed by atoms with Gasteiger partial charge in [-0.2, -0.15) is 0 Å². The molecule has 3 rings (SSSR count). The maximum atomic E-state index is 5.39. The Hall–Kier alpha value is -1.59. The molecular weight excluding hydrogens is 525 g/mol. The van der Waals surface area contributed by atoms with Crippen LogP contribution in [0.4, 0.5) is 0 Å². The number of thiazole rings is 1. The van der Waals surface area contributed by atoms with Gasteiger partial charge in [-0.25, -0.2) is 4.98 Å². The predicted octanol–water partition coefficient (Wildman–Crippen LogP) is 3.84. The van der Waals surface area contributed by atoms with Crippen LogP contribution in [0.15, 0.2) is 28.6 Å². The molecule has 1 aromatic carbocycles. The van der Waals surface area contributed by atoms with E-state index in [0.29, 0.717) is 18.5 Å². The molecule has 9 heteroatoms. The zero-order chi connectivity index (χ0) is 21.5. The minimum atomic E-state index is 0. The minimum absolute atomic E-state index is 0. The maximum Gasteiger partial charge on any atom is 0.191 e. The van der Waals surface area contributed by atoms with E-state index in [1.54, 1.807) is 25.6 Å². The topological polar surface area (TPSA) is 71.0 Å². The number of rotatable bonds is 8. The zero-order valence-corrected chi connectivity index (χ0v) is 22.1. The van der Waals surface area contributed by atoms with Gasteiger partial charge in [0.15, 0.2) is 5.96 Å². The Morgan fingerprint density at radius 3 is 2.55 bits per heavy atom. The van der Waals surface area contributed by atoms with Crippen LogP contribution in [0.1, 0.15) is 42.5 Å². The highest BCUT2D eigenvalue weighted by atomic mass is 127. The molecule has 7 nitrogen and oxygen atoms in total. The van der Waals surface area contributed by atoms with E-state index in [1.165, 1.54) is 10.6 Å². The summed E-state index contributed by atoms with van der Waals surface area (Å²) in [6, 6.07) is 6.41. The number of guanidine groups is 1. The fourth-order valence-electron chi connectivity index (χ4n) is 3.54. The van der Waals surface area contributed by atoms with Gasteiger partial charge >= 0.3 is 0 Å². The van der Waals surface area contributed by atoms with Crippen molar-refractivity contribution in [2.45, 2.75) is 45.3 Å². The monoisotopic (exact) mass is 559 g/mol. The van der Waals surface area contributed by atoms with Crippen molar-refractivity contribution in [3.63, 3.8) is 0 Å². The highest BCUT2D eigenvalue weighted by Crippen LogP contribution is 2.24. The molecule has 1 fully saturated rings. The van der Waals surface area contributed by atoms with Crippen molar-refractivity contribution >= 4 is 41.3 Å². The molecule has 0 spiro atoms. The number of halogens is 1. The molecule has 2 heterocycles. The molecule has 1 aliphatic heterocycles. The molecule has 0 aliphatic carbocycles. The number of ether oxygens (including phenoxy) is 2. The second-order valence-corrected chi connectivity index (χ2v) is 8.73. The van der Waals surface area contributed by atoms with Crippen LogP contribution in [0.25, 0.3) is 0 Å². The third-order valence-electron chi connectivity index (χ3n) is 5.15. The summed E-state index contributed by atoms with van der Waals surface area (Å²) in [5, 5.41) is 10.2. The first kappa shape index (κ1) is 25.7. The summed E-state index contributed by atoms with van der Waals surface area (Å²) >= 11 is 1.72. The third-order valence-corrected chi connectivity index (χ3v) is 6.35. The quantitative estimate of drug-likeness (QED) is 0.291. The van der Waals surface area contributed by atoms with Gasteiger partial charge in [0.1, 0.15) is 11.5 Å². The molecular formula is C22H34IN5O2S. The lowest BCUT2D eigenvalue weighted by molar-refractivity contribution is 0.321. The number of hydrogen-bond donors (Lipinski definition) is 2. The van der Waals surface area contributed by atoms with Crippen molar-refractivity contribution in [2.24, 2.45) is 4.99 Å². The van der Waals surface area contributed by atoms with Crippen LogP contribution in [0.2, 0.25) is 0 Å². The maximum absolute atomic E-state index is 5.39. The van der Waals surface area contributed by atoms with E-state index in [0.717, 1.165) is 49.2 Å². The Balaban J connectivity index is 0.00000341. The molecule has 31 heavy (non-hydrogen) atoms. The SMILES string of the molecule is CN=C(NCc1csc(C(C)C)n1)NC1CCN(Cc2cc(OC)cc(OC)c2)C1.I. The summed E-state index contributed by atoms with van der Waals surface area (Å²) in [5.41, 5.74) is 2.26. The van der Waals surface area contributed by atoms with Crippen molar-refractivity contribution in [3.8, 4) is 11.5 Å². The second kappa shape index (κ2) is 12.4. The van der Waals surface area contributed by atoms with E-state index < -0.39 is 0 Å². The molecule has 0 amide bonds. The van der Waals surface area contributed by atoms with E-state index in [4.69, 9.17) is 9.47 Å². The number of likely N-dealkylation sites (tertiary alicyclic amines) is 1. The number of nitrogens with zero attached hydrogens (tertiary/aromatic N) is 3. The number of aliphatic imine (C=N–C) groups is 1. The highest BCUT2D eigenvalue weighted by molar-refractivity contribution is 14.0. The van der Waals surface area contributed by atoms with Crippen LogP contribution in [-0.4, -0.2) is 56.2 Å². The Labute approximate surface area is 206 Å². The Kier molecular flexibility index (Phi) is 10.3. The molecule has 2 N–H and O–H groups in total. The van der Waals surface area contributed by atoms with Gasteiger partial charge in [0.05, 0.1) is 31.5 Å². The predicted molar refractivity (Wildman–Crippen MR) is 138 cm³/mol. The molecule has 0 radical (unpaired) electrons. The first-order chi connectivity index (χ1) is 14.5. The lowest BCUT2D eigenvalue weighted by Crippen LogP contribution is -2.44. The van der Waals surface area contributed by atoms with Gasteiger partial charge in [0.2, 0.25) is 0 Å². The van der Waals surface area contributed by atoms with Crippen molar-refractivity contribution in [2.75, 3.05) is 34.4 Å². The third kappa shape index (κ3) is 7.50. The first-order valence-electron chi connectivity index (χ1n) is 10.4. The zero-order valence-electron chi connectivity index (χ0n) is 19.0. The van der Waals surface area contributed by atoms with E-state index in [-0.39, 0.29) is 24.0 Å². The number of methoxy groups -OCH3 is 2. The number of nitrogens with one attached hydrogen (secondary N) is 2. The normalized spacial score (nSPS) is 16.8. The Morgan fingerprint density at radius 2 is 1.97 bits per heavy atom. The molecule has 1 aliphatic rings. The number of hydrogen-bond acceptors (Lipinski definition) is 6. The standard InChI is InChI=1S/C22H33N5O2S.HI/c1-15(2)21-25-18(14-30-21)11-24-22(23-3)26-17-6-7-27(13-17)12-16-8-19(28-4)10-20(9-16)29-5;/h8-10,14-15,17H,6-7,11-13H2,1-5H3,(H2,23,24,26);1H. The fourth-order valence-corrected chi connectivity index (χ4v) is 4.38. The summed E-state index contributed by atoms with van der Waals surface area (Å²) < 4.78 is 10.8. The van der Waals surface area contributed by atoms with Gasteiger partial charge in [-0.15, -0.1) is 35.3 Å². The van der Waals surface area contributed by atoms with Crippen LogP contribution >= 0.6 is 35.3 Å². The van der Waals surface area contributed by atoms with E-state index in [1.807, 2.05) is 13.1 Å². The van der Waals surface area contributed by atoms with Gasteiger partial charge in [-0.1, -0.05) is 13.8 Å². The van der Waals surface area contributed by atoms with Gasteiger partial charge in [0.25, 0.3) is 0 Å². The van der Waals surface area contributed by atoms with Crippen LogP contribution in [0, 0.1) is 0 Å². The lowest BCUT2D eigenvalue weighted by atomic mass is 10.2. The molecule has 1 saturated heterocycles. The average Bonchev–Trinajstić information content (AvgIpc) is 3.40. The summed E-state index contributed by atoms with van der Waals surface area (Å²) in [7, 11) is 5.18. The van der Waals surface area contributed by atoms with Crippen molar-refractivity contribution in [1.29, 1.82) is 0 Å². The van der Waals surface area contributed by atoms with Gasteiger partial charge in [0, 0.05) is 50.1 Å². The average molecular weight is 560 g/mol. The summed E-state index contributed by atoms with van der Waals surface area (Å²) in [6.07, 6.45) is 1.08. The molecule has 2 aromatic rings. The van der Waals surface area contributed by atoms with Crippen molar-refractivity contribution in [3.05, 3.63) is 39.8 Å².